The predicted molar refractivity (Wildman–Crippen MR) is 64.3 cm³/mol. The highest BCUT2D eigenvalue weighted by molar-refractivity contribution is 5.42. The molecule has 2 unspecified atom stereocenters. The number of halogens is 1. The number of alkyl halides is 1. The lowest BCUT2D eigenvalue weighted by Crippen LogP contribution is -2.39. The standard InChI is InChI=1S/C11H17FN4O/c1-15(2)10-4-5-13-11(14-10)16(3)9-7-17-6-8(9)12/h4-5,8-9H,6-7H2,1-3H3. The maximum absolute atomic E-state index is 13.6. The van der Waals surface area contributed by atoms with Crippen LogP contribution < -0.4 is 9.80 Å². The summed E-state index contributed by atoms with van der Waals surface area (Å²) >= 11 is 0. The lowest BCUT2D eigenvalue weighted by Gasteiger charge is -2.25. The number of ether oxygens (including phenoxy) is 1. The second-order valence-electron chi connectivity index (χ2n) is 4.34. The Kier molecular flexibility index (Phi) is 3.42. The van der Waals surface area contributed by atoms with Crippen LogP contribution in [0.15, 0.2) is 12.3 Å². The van der Waals surface area contributed by atoms with Crippen LogP contribution in [0.5, 0.6) is 0 Å². The van der Waals surface area contributed by atoms with Gasteiger partial charge in [-0.3, -0.25) is 0 Å². The van der Waals surface area contributed by atoms with E-state index in [1.54, 1.807) is 18.1 Å². The van der Waals surface area contributed by atoms with Gasteiger partial charge >= 0.3 is 0 Å². The van der Waals surface area contributed by atoms with Crippen molar-refractivity contribution in [2.75, 3.05) is 44.2 Å². The van der Waals surface area contributed by atoms with Gasteiger partial charge in [0, 0.05) is 27.3 Å². The Morgan fingerprint density at radius 2 is 2.12 bits per heavy atom. The molecule has 1 fully saturated rings. The lowest BCUT2D eigenvalue weighted by molar-refractivity contribution is 0.173. The molecule has 5 nitrogen and oxygen atoms in total. The number of aromatic nitrogens is 2. The van der Waals surface area contributed by atoms with E-state index in [1.165, 1.54) is 0 Å². The summed E-state index contributed by atoms with van der Waals surface area (Å²) in [5.74, 6) is 1.32. The van der Waals surface area contributed by atoms with Crippen LogP contribution in [0.4, 0.5) is 16.2 Å². The Morgan fingerprint density at radius 1 is 1.35 bits per heavy atom. The van der Waals surface area contributed by atoms with Gasteiger partial charge in [-0.1, -0.05) is 0 Å². The van der Waals surface area contributed by atoms with E-state index < -0.39 is 6.17 Å². The second kappa shape index (κ2) is 4.83. The molecule has 0 aromatic carbocycles. The average molecular weight is 240 g/mol. The van der Waals surface area contributed by atoms with Crippen molar-refractivity contribution in [2.24, 2.45) is 0 Å². The monoisotopic (exact) mass is 240 g/mol. The van der Waals surface area contributed by atoms with Crippen LogP contribution in [0.3, 0.4) is 0 Å². The Morgan fingerprint density at radius 3 is 2.71 bits per heavy atom. The maximum Gasteiger partial charge on any atom is 0.227 e. The molecular weight excluding hydrogens is 223 g/mol. The Labute approximate surface area is 100 Å². The molecule has 2 rings (SSSR count). The average Bonchev–Trinajstić information content (AvgIpc) is 2.74. The predicted octanol–water partition coefficient (Wildman–Crippen LogP) is 0.716. The fraction of sp³-hybridized carbons (Fsp3) is 0.636. The molecule has 2 heterocycles. The number of rotatable bonds is 3. The van der Waals surface area contributed by atoms with Gasteiger partial charge in [0.15, 0.2) is 0 Å². The highest BCUT2D eigenvalue weighted by Gasteiger charge is 2.32. The van der Waals surface area contributed by atoms with Crippen LogP contribution in [0.1, 0.15) is 0 Å². The molecule has 0 N–H and O–H groups in total. The molecule has 0 aliphatic carbocycles. The maximum atomic E-state index is 13.6. The van der Waals surface area contributed by atoms with Crippen molar-refractivity contribution < 1.29 is 9.13 Å². The number of hydrogen-bond acceptors (Lipinski definition) is 5. The number of likely N-dealkylation sites (N-methyl/N-ethyl adjacent to an activating group) is 1. The highest BCUT2D eigenvalue weighted by atomic mass is 19.1. The summed E-state index contributed by atoms with van der Waals surface area (Å²) in [6.07, 6.45) is 0.698. The van der Waals surface area contributed by atoms with Gasteiger partial charge in [0.1, 0.15) is 12.0 Å². The summed E-state index contributed by atoms with van der Waals surface area (Å²) in [5, 5.41) is 0. The van der Waals surface area contributed by atoms with Crippen molar-refractivity contribution in [3.8, 4) is 0 Å². The van der Waals surface area contributed by atoms with Crippen molar-refractivity contribution in [3.05, 3.63) is 12.3 Å². The van der Waals surface area contributed by atoms with Crippen LogP contribution in [0, 0.1) is 0 Å². The molecule has 1 aromatic heterocycles. The Balaban J connectivity index is 2.18. The molecule has 1 aromatic rings. The third-order valence-corrected chi connectivity index (χ3v) is 2.88. The van der Waals surface area contributed by atoms with Crippen molar-refractivity contribution in [3.63, 3.8) is 0 Å². The first-order valence-corrected chi connectivity index (χ1v) is 5.54. The molecule has 0 radical (unpaired) electrons. The number of anilines is 2. The summed E-state index contributed by atoms with van der Waals surface area (Å²) in [5.41, 5.74) is 0. The summed E-state index contributed by atoms with van der Waals surface area (Å²) in [6.45, 7) is 0.537. The molecule has 1 saturated heterocycles. The van der Waals surface area contributed by atoms with Gasteiger partial charge in [-0.05, 0) is 6.07 Å². The van der Waals surface area contributed by atoms with E-state index in [0.29, 0.717) is 12.6 Å². The molecular formula is C11H17FN4O. The van der Waals surface area contributed by atoms with E-state index in [-0.39, 0.29) is 12.6 Å². The Hall–Kier alpha value is -1.43. The molecule has 0 amide bonds. The summed E-state index contributed by atoms with van der Waals surface area (Å²) < 4.78 is 18.7. The minimum absolute atomic E-state index is 0.155. The lowest BCUT2D eigenvalue weighted by atomic mass is 10.2. The molecule has 0 spiro atoms. The quantitative estimate of drug-likeness (QED) is 0.778. The molecule has 1 aliphatic rings. The zero-order chi connectivity index (χ0) is 12.4. The number of nitrogens with zero attached hydrogens (tertiary/aromatic N) is 4. The SMILES string of the molecule is CN(C)c1ccnc(N(C)C2COCC2F)n1. The molecule has 6 heteroatoms. The fourth-order valence-electron chi connectivity index (χ4n) is 1.78. The van der Waals surface area contributed by atoms with E-state index in [4.69, 9.17) is 4.74 Å². The van der Waals surface area contributed by atoms with Gasteiger partial charge < -0.3 is 14.5 Å². The highest BCUT2D eigenvalue weighted by Crippen LogP contribution is 2.20. The first kappa shape index (κ1) is 12.0. The van der Waals surface area contributed by atoms with E-state index >= 15 is 0 Å². The summed E-state index contributed by atoms with van der Waals surface area (Å²) in [7, 11) is 5.60. The van der Waals surface area contributed by atoms with Crippen molar-refractivity contribution in [1.82, 2.24) is 9.97 Å². The van der Waals surface area contributed by atoms with Gasteiger partial charge in [-0.2, -0.15) is 4.98 Å². The van der Waals surface area contributed by atoms with Gasteiger partial charge in [0.05, 0.1) is 19.3 Å². The normalized spacial score (nSPS) is 23.8. The first-order chi connectivity index (χ1) is 8.09. The van der Waals surface area contributed by atoms with Crippen molar-refractivity contribution >= 4 is 11.8 Å². The van der Waals surface area contributed by atoms with E-state index in [0.717, 1.165) is 5.82 Å². The van der Waals surface area contributed by atoms with Gasteiger partial charge in [-0.25, -0.2) is 9.37 Å². The van der Waals surface area contributed by atoms with E-state index in [2.05, 4.69) is 9.97 Å². The molecule has 1 aliphatic heterocycles. The van der Waals surface area contributed by atoms with Gasteiger partial charge in [0.25, 0.3) is 0 Å². The van der Waals surface area contributed by atoms with Crippen LogP contribution in [-0.2, 0) is 4.74 Å². The number of hydrogen-bond donors (Lipinski definition) is 0. The first-order valence-electron chi connectivity index (χ1n) is 5.54. The topological polar surface area (TPSA) is 41.5 Å². The van der Waals surface area contributed by atoms with Crippen LogP contribution >= 0.6 is 0 Å². The molecule has 0 bridgehead atoms. The van der Waals surface area contributed by atoms with E-state index in [1.807, 2.05) is 25.1 Å². The van der Waals surface area contributed by atoms with Crippen molar-refractivity contribution in [2.45, 2.75) is 12.2 Å². The van der Waals surface area contributed by atoms with Crippen molar-refractivity contribution in [1.29, 1.82) is 0 Å². The molecule has 17 heavy (non-hydrogen) atoms. The minimum Gasteiger partial charge on any atom is -0.376 e. The van der Waals surface area contributed by atoms with Crippen LogP contribution in [0.2, 0.25) is 0 Å². The third kappa shape index (κ3) is 2.46. The fourth-order valence-corrected chi connectivity index (χ4v) is 1.78. The zero-order valence-corrected chi connectivity index (χ0v) is 10.3. The molecule has 2 atom stereocenters. The Bertz CT molecular complexity index is 387. The van der Waals surface area contributed by atoms with Gasteiger partial charge in [-0.15, -0.1) is 0 Å². The smallest absolute Gasteiger partial charge is 0.227 e. The minimum atomic E-state index is -0.980. The summed E-state index contributed by atoms with van der Waals surface area (Å²) in [6, 6.07) is 1.52. The largest absolute Gasteiger partial charge is 0.376 e. The van der Waals surface area contributed by atoms with Gasteiger partial charge in [0.2, 0.25) is 5.95 Å². The molecule has 0 saturated carbocycles. The zero-order valence-electron chi connectivity index (χ0n) is 10.3. The molecule has 94 valence electrons. The summed E-state index contributed by atoms with van der Waals surface area (Å²) in [4.78, 5) is 12.2. The third-order valence-electron chi connectivity index (χ3n) is 2.88. The van der Waals surface area contributed by atoms with E-state index in [9.17, 15) is 4.39 Å². The van der Waals surface area contributed by atoms with Crippen LogP contribution in [-0.4, -0.2) is 56.5 Å². The second-order valence-corrected chi connectivity index (χ2v) is 4.34. The van der Waals surface area contributed by atoms with Crippen LogP contribution in [0.25, 0.3) is 0 Å².